The van der Waals surface area contributed by atoms with Crippen molar-refractivity contribution < 1.29 is 0 Å². The largest absolute Gasteiger partial charge is 0.208 e. The first-order chi connectivity index (χ1) is 27.2. The van der Waals surface area contributed by atoms with Crippen molar-refractivity contribution >= 4 is 31.5 Å². The fourth-order valence-electron chi connectivity index (χ4n) is 7.50. The van der Waals surface area contributed by atoms with E-state index in [0.29, 0.717) is 17.5 Å². The van der Waals surface area contributed by atoms with Crippen molar-refractivity contribution in [1.82, 2.24) is 15.0 Å². The summed E-state index contributed by atoms with van der Waals surface area (Å²) >= 11 is 1.84. The van der Waals surface area contributed by atoms with Crippen molar-refractivity contribution in [2.45, 2.75) is 0 Å². The second-order valence-electron chi connectivity index (χ2n) is 13.6. The predicted molar refractivity (Wildman–Crippen MR) is 231 cm³/mol. The van der Waals surface area contributed by atoms with Crippen LogP contribution in [-0.2, 0) is 0 Å². The Balaban J connectivity index is 1.23. The van der Waals surface area contributed by atoms with Gasteiger partial charge >= 0.3 is 0 Å². The fraction of sp³-hybridized carbons (Fsp3) is 0. The van der Waals surface area contributed by atoms with Crippen molar-refractivity contribution in [1.29, 1.82) is 0 Å². The van der Waals surface area contributed by atoms with E-state index in [2.05, 4.69) is 188 Å². The van der Waals surface area contributed by atoms with Crippen LogP contribution in [0.1, 0.15) is 0 Å². The maximum absolute atomic E-state index is 5.32. The predicted octanol–water partition coefficient (Wildman–Crippen LogP) is 13.9. The average molecular weight is 720 g/mol. The van der Waals surface area contributed by atoms with E-state index >= 15 is 0 Å². The molecule has 0 unspecified atom stereocenters. The third-order valence-electron chi connectivity index (χ3n) is 10.1. The average Bonchev–Trinajstić information content (AvgIpc) is 3.66. The molecule has 0 radical (unpaired) electrons. The van der Waals surface area contributed by atoms with Gasteiger partial charge < -0.3 is 0 Å². The van der Waals surface area contributed by atoms with Crippen LogP contribution in [-0.4, -0.2) is 15.0 Å². The molecule has 0 spiro atoms. The topological polar surface area (TPSA) is 38.7 Å². The van der Waals surface area contributed by atoms with Crippen molar-refractivity contribution in [2.75, 3.05) is 0 Å². The van der Waals surface area contributed by atoms with E-state index in [1.165, 1.54) is 25.7 Å². The first kappa shape index (κ1) is 32.6. The second kappa shape index (κ2) is 14.1. The number of hydrogen-bond donors (Lipinski definition) is 0. The van der Waals surface area contributed by atoms with Crippen LogP contribution in [0.4, 0.5) is 0 Å². The van der Waals surface area contributed by atoms with Gasteiger partial charge in [0.15, 0.2) is 17.5 Å². The SMILES string of the molecule is c1ccc(-c2cccc(-c3nc(-c4cc(-c5ccccc5)cc(-c5cccc6sc7ccccc7c56)c4)nc(-c4ccccc4-c4ccccc4)n3)c2)cc1. The van der Waals surface area contributed by atoms with Crippen LogP contribution < -0.4 is 0 Å². The minimum absolute atomic E-state index is 0.620. The molecule has 3 nitrogen and oxygen atoms in total. The maximum atomic E-state index is 5.32. The van der Waals surface area contributed by atoms with Gasteiger partial charge in [-0.3, -0.25) is 0 Å². The monoisotopic (exact) mass is 719 g/mol. The van der Waals surface area contributed by atoms with Crippen molar-refractivity contribution in [2.24, 2.45) is 0 Å². The first-order valence-corrected chi connectivity index (χ1v) is 19.3. The lowest BCUT2D eigenvalue weighted by Gasteiger charge is -2.14. The molecule has 0 aliphatic rings. The van der Waals surface area contributed by atoms with Gasteiger partial charge in [-0.15, -0.1) is 11.3 Å². The Morgan fingerprint density at radius 2 is 0.745 bits per heavy atom. The summed E-state index contributed by atoms with van der Waals surface area (Å²) in [5, 5.41) is 2.54. The van der Waals surface area contributed by atoms with Gasteiger partial charge in [-0.1, -0.05) is 164 Å². The number of thiophene rings is 1. The molecular formula is C51H33N3S. The summed E-state index contributed by atoms with van der Waals surface area (Å²) in [6.07, 6.45) is 0. The lowest BCUT2D eigenvalue weighted by Crippen LogP contribution is -2.01. The molecule has 0 N–H and O–H groups in total. The Kier molecular flexibility index (Phi) is 8.36. The summed E-state index contributed by atoms with van der Waals surface area (Å²) < 4.78 is 2.55. The Hall–Kier alpha value is -7.01. The zero-order valence-electron chi connectivity index (χ0n) is 29.8. The molecular weight excluding hydrogens is 687 g/mol. The van der Waals surface area contributed by atoms with Gasteiger partial charge in [-0.2, -0.15) is 0 Å². The Morgan fingerprint density at radius 1 is 0.273 bits per heavy atom. The molecule has 0 fully saturated rings. The van der Waals surface area contributed by atoms with Crippen LogP contribution in [0.2, 0.25) is 0 Å². The molecule has 55 heavy (non-hydrogen) atoms. The maximum Gasteiger partial charge on any atom is 0.164 e. The van der Waals surface area contributed by atoms with Crippen LogP contribution >= 0.6 is 11.3 Å². The van der Waals surface area contributed by atoms with E-state index < -0.39 is 0 Å². The summed E-state index contributed by atoms with van der Waals surface area (Å²) in [7, 11) is 0. The molecule has 258 valence electrons. The lowest BCUT2D eigenvalue weighted by molar-refractivity contribution is 1.07. The molecule has 0 saturated carbocycles. The van der Waals surface area contributed by atoms with Crippen molar-refractivity contribution in [3.05, 3.63) is 200 Å². The standard InChI is InChI=1S/C51H33N3S/c1-4-16-34(17-5-1)37-22-14-23-38(30-37)49-52-50(54-51(53-49)44-25-11-10-24-42(44)36-20-8-3-9-21-36)41-32-39(35-18-6-2-7-19-35)31-40(33-41)43-27-15-29-47-48(43)45-26-12-13-28-46(45)55-47/h1-33H. The van der Waals surface area contributed by atoms with E-state index in [4.69, 9.17) is 15.0 Å². The van der Waals surface area contributed by atoms with Gasteiger partial charge in [0.05, 0.1) is 0 Å². The number of nitrogens with zero attached hydrogens (tertiary/aromatic N) is 3. The molecule has 8 aromatic carbocycles. The summed E-state index contributed by atoms with van der Waals surface area (Å²) in [5.74, 6) is 1.87. The molecule has 0 aliphatic heterocycles. The number of fused-ring (bicyclic) bond motifs is 3. The first-order valence-electron chi connectivity index (χ1n) is 18.4. The highest BCUT2D eigenvalue weighted by Gasteiger charge is 2.19. The van der Waals surface area contributed by atoms with Gasteiger partial charge in [-0.25, -0.2) is 15.0 Å². The smallest absolute Gasteiger partial charge is 0.164 e. The minimum Gasteiger partial charge on any atom is -0.208 e. The van der Waals surface area contributed by atoms with Crippen molar-refractivity contribution in [3.63, 3.8) is 0 Å². The van der Waals surface area contributed by atoms with E-state index in [-0.39, 0.29) is 0 Å². The van der Waals surface area contributed by atoms with Crippen LogP contribution in [0.3, 0.4) is 0 Å². The van der Waals surface area contributed by atoms with Gasteiger partial charge in [0.2, 0.25) is 0 Å². The number of hydrogen-bond acceptors (Lipinski definition) is 4. The number of benzene rings is 8. The van der Waals surface area contributed by atoms with Gasteiger partial charge in [0, 0.05) is 36.9 Å². The highest BCUT2D eigenvalue weighted by molar-refractivity contribution is 7.25. The zero-order chi connectivity index (χ0) is 36.6. The van der Waals surface area contributed by atoms with E-state index in [1.54, 1.807) is 0 Å². The van der Waals surface area contributed by atoms with Crippen LogP contribution in [0.25, 0.3) is 98.8 Å². The highest BCUT2D eigenvalue weighted by atomic mass is 32.1. The Morgan fingerprint density at radius 3 is 1.51 bits per heavy atom. The normalized spacial score (nSPS) is 11.3. The number of rotatable bonds is 7. The summed E-state index contributed by atoms with van der Waals surface area (Å²) in [4.78, 5) is 15.8. The molecule has 4 heteroatoms. The van der Waals surface area contributed by atoms with Crippen LogP contribution in [0, 0.1) is 0 Å². The molecule has 10 aromatic rings. The third-order valence-corrected chi connectivity index (χ3v) is 11.3. The third kappa shape index (κ3) is 6.29. The fourth-order valence-corrected chi connectivity index (χ4v) is 8.63. The molecule has 0 aliphatic carbocycles. The van der Waals surface area contributed by atoms with Gasteiger partial charge in [0.1, 0.15) is 0 Å². The molecule has 2 aromatic heterocycles. The molecule has 0 amide bonds. The summed E-state index contributed by atoms with van der Waals surface area (Å²) in [6.45, 7) is 0. The second-order valence-corrected chi connectivity index (χ2v) is 14.7. The van der Waals surface area contributed by atoms with E-state index in [1.807, 2.05) is 23.5 Å². The molecule has 10 rings (SSSR count). The van der Waals surface area contributed by atoms with Crippen LogP contribution in [0.15, 0.2) is 200 Å². The molecule has 2 heterocycles. The highest BCUT2D eigenvalue weighted by Crippen LogP contribution is 2.42. The molecule has 0 saturated heterocycles. The molecule has 0 atom stereocenters. The Bertz CT molecular complexity index is 2970. The number of aromatic nitrogens is 3. The van der Waals surface area contributed by atoms with Gasteiger partial charge in [-0.05, 0) is 80.9 Å². The van der Waals surface area contributed by atoms with E-state index in [0.717, 1.165) is 55.6 Å². The lowest BCUT2D eigenvalue weighted by atomic mass is 9.93. The van der Waals surface area contributed by atoms with Crippen molar-refractivity contribution in [3.8, 4) is 78.7 Å². The molecule has 0 bridgehead atoms. The Labute approximate surface area is 323 Å². The zero-order valence-corrected chi connectivity index (χ0v) is 30.6. The minimum atomic E-state index is 0.620. The van der Waals surface area contributed by atoms with E-state index in [9.17, 15) is 0 Å². The summed E-state index contributed by atoms with van der Waals surface area (Å²) in [6, 6.07) is 70.4. The summed E-state index contributed by atoms with van der Waals surface area (Å²) in [5.41, 5.74) is 11.8. The van der Waals surface area contributed by atoms with Gasteiger partial charge in [0.25, 0.3) is 0 Å². The quantitative estimate of drug-likeness (QED) is 0.165. The van der Waals surface area contributed by atoms with Crippen LogP contribution in [0.5, 0.6) is 0 Å².